The summed E-state index contributed by atoms with van der Waals surface area (Å²) in [5.74, 6) is -0.0976. The highest BCUT2D eigenvalue weighted by Crippen LogP contribution is 2.46. The Labute approximate surface area is 166 Å². The fourth-order valence-electron chi connectivity index (χ4n) is 4.67. The fourth-order valence-corrected chi connectivity index (χ4v) is 6.19. The summed E-state index contributed by atoms with van der Waals surface area (Å²) in [4.78, 5) is 28.6. The van der Waals surface area contributed by atoms with Crippen LogP contribution in [-0.4, -0.2) is 67.2 Å². The molecular formula is C20H27N3O4S. The molecule has 28 heavy (non-hydrogen) atoms. The van der Waals surface area contributed by atoms with E-state index in [1.165, 1.54) is 9.21 Å². The Kier molecular flexibility index (Phi) is 5.28. The summed E-state index contributed by atoms with van der Waals surface area (Å²) in [7, 11) is -3.37. The van der Waals surface area contributed by atoms with E-state index in [1.54, 1.807) is 0 Å². The monoisotopic (exact) mass is 405 g/mol. The minimum absolute atomic E-state index is 0.000539. The zero-order valence-electron chi connectivity index (χ0n) is 16.0. The summed E-state index contributed by atoms with van der Waals surface area (Å²) in [6.07, 6.45) is 4.02. The molecule has 0 N–H and O–H groups in total. The Bertz CT molecular complexity index is 841. The molecule has 4 rings (SSSR count). The lowest BCUT2D eigenvalue weighted by molar-refractivity contribution is -0.144. The van der Waals surface area contributed by atoms with Crippen molar-refractivity contribution in [2.45, 2.75) is 37.9 Å². The lowest BCUT2D eigenvalue weighted by Gasteiger charge is -2.35. The van der Waals surface area contributed by atoms with Gasteiger partial charge >= 0.3 is 0 Å². The Morgan fingerprint density at radius 1 is 0.929 bits per heavy atom. The van der Waals surface area contributed by atoms with Crippen molar-refractivity contribution in [1.82, 2.24) is 14.1 Å². The van der Waals surface area contributed by atoms with Crippen LogP contribution in [0.2, 0.25) is 0 Å². The lowest BCUT2D eigenvalue weighted by Crippen LogP contribution is -2.52. The summed E-state index contributed by atoms with van der Waals surface area (Å²) in [5, 5.41) is 0. The molecule has 0 radical (unpaired) electrons. The van der Waals surface area contributed by atoms with Crippen molar-refractivity contribution in [2.75, 3.05) is 32.8 Å². The molecule has 8 heteroatoms. The maximum absolute atomic E-state index is 12.8. The first-order valence-corrected chi connectivity index (χ1v) is 11.6. The molecular weight excluding hydrogens is 378 g/mol. The number of imide groups is 1. The number of sulfonamides is 1. The number of piperazine rings is 1. The first-order chi connectivity index (χ1) is 13.4. The number of rotatable bonds is 5. The van der Waals surface area contributed by atoms with Crippen LogP contribution in [0.5, 0.6) is 0 Å². The molecule has 2 heterocycles. The van der Waals surface area contributed by atoms with Crippen molar-refractivity contribution in [1.29, 1.82) is 0 Å². The average Bonchev–Trinajstić information content (AvgIpc) is 3.23. The van der Waals surface area contributed by atoms with Crippen molar-refractivity contribution >= 4 is 21.8 Å². The van der Waals surface area contributed by atoms with Crippen molar-refractivity contribution in [3.8, 4) is 0 Å². The van der Waals surface area contributed by atoms with Crippen molar-refractivity contribution < 1.29 is 18.0 Å². The van der Waals surface area contributed by atoms with E-state index in [9.17, 15) is 18.0 Å². The van der Waals surface area contributed by atoms with Gasteiger partial charge in [-0.25, -0.2) is 8.42 Å². The van der Waals surface area contributed by atoms with Gasteiger partial charge in [0, 0.05) is 32.6 Å². The van der Waals surface area contributed by atoms with Crippen LogP contribution in [0.3, 0.4) is 0 Å². The quantitative estimate of drug-likeness (QED) is 0.692. The Hall–Kier alpha value is -1.77. The molecule has 7 nitrogen and oxygen atoms in total. The van der Waals surface area contributed by atoms with Gasteiger partial charge in [0.25, 0.3) is 0 Å². The van der Waals surface area contributed by atoms with Gasteiger partial charge in [-0.3, -0.25) is 19.4 Å². The van der Waals surface area contributed by atoms with Crippen molar-refractivity contribution in [3.63, 3.8) is 0 Å². The largest absolute Gasteiger partial charge is 0.283 e. The van der Waals surface area contributed by atoms with Crippen LogP contribution in [0.15, 0.2) is 30.3 Å². The topological polar surface area (TPSA) is 78.0 Å². The van der Waals surface area contributed by atoms with Crippen LogP contribution in [0.4, 0.5) is 0 Å². The number of carbonyl (C=O) groups excluding carboxylic acids is 2. The number of hydrogen-bond donors (Lipinski definition) is 0. The normalized spacial score (nSPS) is 23.8. The third kappa shape index (κ3) is 3.73. The van der Waals surface area contributed by atoms with Gasteiger partial charge in [0.2, 0.25) is 21.8 Å². The highest BCUT2D eigenvalue weighted by atomic mass is 32.2. The predicted molar refractivity (Wildman–Crippen MR) is 104 cm³/mol. The first-order valence-electron chi connectivity index (χ1n) is 9.99. The number of likely N-dealkylation sites (tertiary alicyclic amines) is 1. The van der Waals surface area contributed by atoms with Gasteiger partial charge in [-0.05, 0) is 18.4 Å². The number of amides is 2. The number of carbonyl (C=O) groups is 2. The molecule has 3 fully saturated rings. The van der Waals surface area contributed by atoms with E-state index in [-0.39, 0.29) is 24.2 Å². The molecule has 1 aromatic carbocycles. The Morgan fingerprint density at radius 2 is 1.57 bits per heavy atom. The molecule has 0 unspecified atom stereocenters. The smallest absolute Gasteiger partial charge is 0.237 e. The van der Waals surface area contributed by atoms with Gasteiger partial charge < -0.3 is 0 Å². The first kappa shape index (κ1) is 19.5. The van der Waals surface area contributed by atoms with E-state index in [2.05, 4.69) is 0 Å². The molecule has 1 aliphatic carbocycles. The molecule has 152 valence electrons. The molecule has 1 aromatic rings. The van der Waals surface area contributed by atoms with Crippen LogP contribution in [-0.2, 0) is 25.4 Å². The summed E-state index contributed by atoms with van der Waals surface area (Å²) >= 11 is 0. The summed E-state index contributed by atoms with van der Waals surface area (Å²) in [6.45, 7) is 2.11. The van der Waals surface area contributed by atoms with E-state index in [0.29, 0.717) is 32.6 Å². The minimum atomic E-state index is -3.37. The Morgan fingerprint density at radius 3 is 2.21 bits per heavy atom. The van der Waals surface area contributed by atoms with E-state index in [4.69, 9.17) is 0 Å². The third-order valence-corrected chi connectivity index (χ3v) is 8.16. The highest BCUT2D eigenvalue weighted by molar-refractivity contribution is 7.88. The minimum Gasteiger partial charge on any atom is -0.283 e. The predicted octanol–water partition coefficient (Wildman–Crippen LogP) is 1.41. The zero-order valence-corrected chi connectivity index (χ0v) is 16.9. The molecule has 0 atom stereocenters. The molecule has 2 aliphatic heterocycles. The van der Waals surface area contributed by atoms with Crippen LogP contribution in [0, 0.1) is 5.41 Å². The number of benzene rings is 1. The van der Waals surface area contributed by atoms with Gasteiger partial charge in [-0.1, -0.05) is 43.2 Å². The molecule has 1 saturated carbocycles. The van der Waals surface area contributed by atoms with Crippen molar-refractivity contribution in [3.05, 3.63) is 35.9 Å². The van der Waals surface area contributed by atoms with E-state index in [0.717, 1.165) is 31.2 Å². The van der Waals surface area contributed by atoms with Gasteiger partial charge in [0.15, 0.2) is 0 Å². The van der Waals surface area contributed by atoms with E-state index in [1.807, 2.05) is 35.2 Å². The summed E-state index contributed by atoms with van der Waals surface area (Å²) in [5.41, 5.74) is 0.331. The third-order valence-electron chi connectivity index (χ3n) is 6.31. The van der Waals surface area contributed by atoms with Crippen LogP contribution in [0.1, 0.15) is 37.7 Å². The number of nitrogens with zero attached hydrogens (tertiary/aromatic N) is 3. The average molecular weight is 406 g/mol. The van der Waals surface area contributed by atoms with E-state index >= 15 is 0 Å². The van der Waals surface area contributed by atoms with E-state index < -0.39 is 15.4 Å². The van der Waals surface area contributed by atoms with Gasteiger partial charge in [-0.15, -0.1) is 0 Å². The maximum atomic E-state index is 12.8. The van der Waals surface area contributed by atoms with Crippen molar-refractivity contribution in [2.24, 2.45) is 5.41 Å². The summed E-state index contributed by atoms with van der Waals surface area (Å²) < 4.78 is 26.9. The van der Waals surface area contributed by atoms with Gasteiger partial charge in [-0.2, -0.15) is 4.31 Å². The lowest BCUT2D eigenvalue weighted by atomic mass is 9.85. The second kappa shape index (κ2) is 7.57. The SMILES string of the molecule is O=C1CC2(CCCC2)C(=O)N1CN1CCN(S(=O)(=O)Cc2ccccc2)CC1. The molecule has 2 amide bonds. The molecule has 3 aliphatic rings. The summed E-state index contributed by atoms with van der Waals surface area (Å²) in [6, 6.07) is 9.17. The molecule has 1 spiro atoms. The van der Waals surface area contributed by atoms with Crippen LogP contribution in [0.25, 0.3) is 0 Å². The standard InChI is InChI=1S/C20H27N3O4S/c24-18-14-20(8-4-5-9-20)19(25)23(18)16-21-10-12-22(13-11-21)28(26,27)15-17-6-2-1-3-7-17/h1-3,6-7H,4-5,8-16H2. The molecule has 0 aromatic heterocycles. The van der Waals surface area contributed by atoms with Gasteiger partial charge in [0.1, 0.15) is 0 Å². The molecule has 0 bridgehead atoms. The Balaban J connectivity index is 1.33. The second-order valence-electron chi connectivity index (χ2n) is 8.19. The van der Waals surface area contributed by atoms with Crippen LogP contribution < -0.4 is 0 Å². The molecule has 2 saturated heterocycles. The van der Waals surface area contributed by atoms with Crippen LogP contribution >= 0.6 is 0 Å². The maximum Gasteiger partial charge on any atom is 0.237 e. The number of hydrogen-bond acceptors (Lipinski definition) is 5. The van der Waals surface area contributed by atoms with Gasteiger partial charge in [0.05, 0.1) is 17.8 Å². The second-order valence-corrected chi connectivity index (χ2v) is 10.2. The fraction of sp³-hybridized carbons (Fsp3) is 0.600. The zero-order chi connectivity index (χ0) is 19.8. The highest BCUT2D eigenvalue weighted by Gasteiger charge is 2.52.